The van der Waals surface area contributed by atoms with E-state index in [0.717, 1.165) is 23.3 Å². The van der Waals surface area contributed by atoms with E-state index >= 15 is 0 Å². The van der Waals surface area contributed by atoms with Crippen LogP contribution in [-0.2, 0) is 70.0 Å². The van der Waals surface area contributed by atoms with Crippen molar-refractivity contribution in [1.82, 2.24) is 0 Å². The van der Waals surface area contributed by atoms with Crippen LogP contribution in [0.3, 0.4) is 0 Å². The van der Waals surface area contributed by atoms with Crippen molar-refractivity contribution in [3.63, 3.8) is 0 Å². The molecule has 1 aliphatic carbocycles. The Kier molecular flexibility index (Phi) is 29.7. The van der Waals surface area contributed by atoms with E-state index < -0.39 is 72.6 Å². The molecule has 0 saturated carbocycles. The first-order valence-corrected chi connectivity index (χ1v) is 30.1. The van der Waals surface area contributed by atoms with Crippen LogP contribution in [0.15, 0.2) is 114 Å². The Morgan fingerprint density at radius 3 is 1.96 bits per heavy atom. The Bertz CT molecular complexity index is 3530. The molecule has 0 saturated heterocycles. The van der Waals surface area contributed by atoms with Crippen molar-refractivity contribution in [1.29, 1.82) is 0 Å². The molecule has 7 rings (SSSR count). The molecule has 3 aliphatic rings. The number of benzene rings is 4. The Morgan fingerprint density at radius 1 is 0.718 bits per heavy atom. The second-order valence-corrected chi connectivity index (χ2v) is 26.2. The number of halogens is 1. The third-order valence-corrected chi connectivity index (χ3v) is 18.0. The summed E-state index contributed by atoms with van der Waals surface area (Å²) in [6.07, 6.45) is 9.88. The Hall–Kier alpha value is 1.22. The van der Waals surface area contributed by atoms with Crippen LogP contribution in [0.25, 0.3) is 21.5 Å². The van der Waals surface area contributed by atoms with Gasteiger partial charge in [-0.2, -0.15) is 21.7 Å². The van der Waals surface area contributed by atoms with Gasteiger partial charge in [-0.1, -0.05) is 43.7 Å². The molecule has 0 aromatic heterocycles. The second kappa shape index (κ2) is 30.7. The van der Waals surface area contributed by atoms with E-state index in [-0.39, 0.29) is 202 Å². The summed E-state index contributed by atoms with van der Waals surface area (Å²) in [5.74, 6) is -1.08. The van der Waals surface area contributed by atoms with Gasteiger partial charge in [0.1, 0.15) is 26.8 Å². The van der Waals surface area contributed by atoms with E-state index in [0.29, 0.717) is 98.4 Å². The monoisotopic (exact) mass is 1260 g/mol. The van der Waals surface area contributed by atoms with Crippen molar-refractivity contribution in [2.24, 2.45) is 0 Å². The molecule has 0 fully saturated rings. The first kappa shape index (κ1) is 75.3. The van der Waals surface area contributed by atoms with E-state index in [2.05, 4.69) is 18.7 Å². The largest absolute Gasteiger partial charge is 1.00 e. The molecule has 4 aromatic carbocycles. The molecule has 0 radical (unpaired) electrons. The van der Waals surface area contributed by atoms with Crippen molar-refractivity contribution in [3.05, 3.63) is 106 Å². The zero-order chi connectivity index (χ0) is 53.5. The molecule has 1 N–H and O–H groups in total. The van der Waals surface area contributed by atoms with Crippen molar-refractivity contribution in [2.45, 2.75) is 103 Å². The minimum absolute atomic E-state index is 0. The predicted octanol–water partition coefficient (Wildman–Crippen LogP) is -8.51. The van der Waals surface area contributed by atoms with E-state index in [9.17, 15) is 62.4 Å². The van der Waals surface area contributed by atoms with Crippen molar-refractivity contribution < 1.29 is 234 Å². The summed E-state index contributed by atoms with van der Waals surface area (Å²) in [6, 6.07) is 11.6. The van der Waals surface area contributed by atoms with Gasteiger partial charge in [0.15, 0.2) is 5.71 Å². The molecule has 396 valence electrons. The van der Waals surface area contributed by atoms with Crippen LogP contribution in [0.4, 0.5) is 11.4 Å². The summed E-state index contributed by atoms with van der Waals surface area (Å²) in [4.78, 5) is 1.02. The van der Waals surface area contributed by atoms with E-state index in [1.54, 1.807) is 24.3 Å². The molecule has 0 bridgehead atoms. The number of hydrogen-bond donors (Lipinski definition) is 1. The molecule has 0 spiro atoms. The Labute approximate surface area is 578 Å². The van der Waals surface area contributed by atoms with Crippen LogP contribution < -0.4 is 163 Å². The Balaban J connectivity index is 0.00000416. The van der Waals surface area contributed by atoms with Crippen LogP contribution in [0.2, 0.25) is 0 Å². The summed E-state index contributed by atoms with van der Waals surface area (Å²) in [6.45, 7) is 7.98. The third kappa shape index (κ3) is 17.7. The van der Waals surface area contributed by atoms with Gasteiger partial charge in [-0.3, -0.25) is 14.6 Å². The van der Waals surface area contributed by atoms with Crippen molar-refractivity contribution in [2.75, 3.05) is 29.5 Å². The van der Waals surface area contributed by atoms with E-state index in [1.807, 2.05) is 61.5 Å². The number of rotatable bonds is 21. The van der Waals surface area contributed by atoms with Crippen molar-refractivity contribution >= 4 is 115 Å². The zero-order valence-corrected chi connectivity index (χ0v) is 60.0. The standard InChI is InChI=1S/C46H51ClN2O18S6.5Na/c1-45(2)38(48(20-5-7-22-70(52,53)54)34-17-13-31-25-33(72(58,59)60)27-36(69-67-65-51)40(31)42(34)45)18-14-28-10-9-11-29(44(28)47)15-19-39-46(3,4)43-35(49(39)21-6-8-23-71(55,56)57)16-12-30-24-32(68-66-64-50)26-37(41(30)43)73(61,62)63;;;;;/h12-19,24-27H,5-11,20-23H2,1-4H3,(H5-,50,51,52,53,54,55,56,57,58,59,60,61,62,63);;;;;/q;5*+1/p-4. The molecule has 0 unspecified atom stereocenters. The molecule has 20 nitrogen and oxygen atoms in total. The van der Waals surface area contributed by atoms with Crippen LogP contribution >= 0.6 is 35.7 Å². The van der Waals surface area contributed by atoms with E-state index in [1.165, 1.54) is 12.1 Å². The molecular weight excluding hydrogens is 1210 g/mol. The summed E-state index contributed by atoms with van der Waals surface area (Å²) in [5.41, 5.74) is 3.24. The third-order valence-electron chi connectivity index (χ3n) is 13.0. The van der Waals surface area contributed by atoms with Gasteiger partial charge in [-0.25, -0.2) is 25.3 Å². The van der Waals surface area contributed by atoms with Gasteiger partial charge >= 0.3 is 148 Å². The number of fused-ring (bicyclic) bond motifs is 6. The first-order valence-electron chi connectivity index (χ1n) is 22.3. The SMILES string of the molecule is CC1(C)C(C=CC2=C(Cl)C(=C/C=C3/N(CCCCS(=O)(=O)[O-])c4ccc5cc(S(=O)(=O)[O-])cc(SOO[O-])c5c4C3(C)C)CCC2)=[N+](CCCCS(=O)(=O)O)c2ccc3cc(SOO[O-])cc(S(=O)(=O)[O-])c3c21.[Na+].[Na+].[Na+].[Na+].[Na+]. The molecule has 0 atom stereocenters. The van der Waals surface area contributed by atoms with Crippen LogP contribution in [-0.4, -0.2) is 86.8 Å². The fourth-order valence-electron chi connectivity index (χ4n) is 9.99. The van der Waals surface area contributed by atoms with Gasteiger partial charge in [0.25, 0.3) is 10.1 Å². The van der Waals surface area contributed by atoms with Crippen molar-refractivity contribution in [3.8, 4) is 0 Å². The summed E-state index contributed by atoms with van der Waals surface area (Å²) >= 11 is 8.10. The number of hydrogen-bond acceptors (Lipinski definition) is 20. The average Bonchev–Trinajstić information content (AvgIpc) is 3.65. The van der Waals surface area contributed by atoms with Gasteiger partial charge in [-0.15, -0.1) is 0 Å². The average molecular weight is 1260 g/mol. The molecule has 0 amide bonds. The normalized spacial score (nSPS) is 17.2. The summed E-state index contributed by atoms with van der Waals surface area (Å²) < 4.78 is 154. The molecule has 32 heteroatoms. The predicted molar refractivity (Wildman–Crippen MR) is 265 cm³/mol. The van der Waals surface area contributed by atoms with Crippen LogP contribution in [0, 0.1) is 0 Å². The number of allylic oxidation sites excluding steroid dienone is 8. The number of nitrogens with zero attached hydrogens (tertiary/aromatic N) is 2. The molecule has 78 heavy (non-hydrogen) atoms. The smallest absolute Gasteiger partial charge is 0.748 e. The zero-order valence-electron chi connectivity index (χ0n) is 44.3. The maximum atomic E-state index is 12.9. The molecule has 2 aliphatic heterocycles. The van der Waals surface area contributed by atoms with Crippen LogP contribution in [0.1, 0.15) is 83.8 Å². The summed E-state index contributed by atoms with van der Waals surface area (Å²) in [7, 11) is -18.9. The fourth-order valence-corrected chi connectivity index (χ4v) is 13.9. The van der Waals surface area contributed by atoms with Gasteiger partial charge in [0.2, 0.25) is 5.69 Å². The first-order chi connectivity index (χ1) is 34.1. The van der Waals surface area contributed by atoms with Gasteiger partial charge < -0.3 is 29.1 Å². The van der Waals surface area contributed by atoms with E-state index in [4.69, 9.17) is 11.6 Å². The van der Waals surface area contributed by atoms with Gasteiger partial charge in [0, 0.05) is 78.8 Å². The Morgan fingerprint density at radius 2 is 1.35 bits per heavy atom. The maximum Gasteiger partial charge on any atom is 1.00 e. The van der Waals surface area contributed by atoms with Crippen LogP contribution in [0.5, 0.6) is 0 Å². The maximum absolute atomic E-state index is 12.9. The minimum atomic E-state index is -5.14. The second-order valence-electron chi connectivity index (χ2n) is 18.5. The van der Waals surface area contributed by atoms with Gasteiger partial charge in [-0.05, 0) is 122 Å². The summed E-state index contributed by atoms with van der Waals surface area (Å²) in [5, 5.41) is 30.3. The quantitative estimate of drug-likeness (QED) is 0.0154. The van der Waals surface area contributed by atoms with Gasteiger partial charge in [0.05, 0.1) is 55.2 Å². The molecular formula is C46H47ClN2Na5O18S6+. The number of unbranched alkanes of at least 4 members (excludes halogenated alkanes) is 2. The molecule has 2 heterocycles. The minimum Gasteiger partial charge on any atom is -0.748 e. The molecule has 4 aromatic rings. The topological polar surface area (TPSA) is 315 Å². The fraction of sp³-hybridized carbons (Fsp3) is 0.370. The number of anilines is 1.